The average molecular weight is 413 g/mol. The molecule has 2 amide bonds. The molecule has 1 atom stereocenters. The molecule has 0 saturated heterocycles. The first-order valence-electron chi connectivity index (χ1n) is 10.1. The smallest absolute Gasteiger partial charge is 0.261 e. The summed E-state index contributed by atoms with van der Waals surface area (Å²) in [4.78, 5) is 27.2. The molecule has 0 aliphatic heterocycles. The van der Waals surface area contributed by atoms with Crippen molar-refractivity contribution >= 4 is 11.8 Å². The Kier molecular flexibility index (Phi) is 8.27. The van der Waals surface area contributed by atoms with Crippen LogP contribution in [0.5, 0.6) is 11.5 Å². The molecule has 6 nitrogen and oxygen atoms in total. The molecule has 2 aromatic carbocycles. The van der Waals surface area contributed by atoms with E-state index in [4.69, 9.17) is 9.47 Å². The van der Waals surface area contributed by atoms with E-state index in [0.29, 0.717) is 11.5 Å². The van der Waals surface area contributed by atoms with E-state index in [0.717, 1.165) is 16.7 Å². The van der Waals surface area contributed by atoms with Gasteiger partial charge in [0.15, 0.2) is 6.61 Å². The topological polar surface area (TPSA) is 67.9 Å². The minimum Gasteiger partial charge on any atom is -0.497 e. The summed E-state index contributed by atoms with van der Waals surface area (Å²) in [6.07, 6.45) is 0. The van der Waals surface area contributed by atoms with Gasteiger partial charge in [-0.05, 0) is 75.6 Å². The van der Waals surface area contributed by atoms with Gasteiger partial charge < -0.3 is 19.7 Å². The van der Waals surface area contributed by atoms with Gasteiger partial charge in [-0.1, -0.05) is 18.2 Å². The van der Waals surface area contributed by atoms with Gasteiger partial charge in [0.25, 0.3) is 5.91 Å². The van der Waals surface area contributed by atoms with Crippen LogP contribution in [0.4, 0.5) is 0 Å². The minimum absolute atomic E-state index is 0.0137. The van der Waals surface area contributed by atoms with Crippen LogP contribution in [0.1, 0.15) is 37.5 Å². The molecule has 30 heavy (non-hydrogen) atoms. The SMILES string of the molecule is COc1cccc(CN(C(=O)COc2cc(C)cc(C)c2)C(C)C(=O)NC(C)C)c1. The summed E-state index contributed by atoms with van der Waals surface area (Å²) in [5.74, 6) is 0.878. The summed E-state index contributed by atoms with van der Waals surface area (Å²) in [7, 11) is 1.60. The highest BCUT2D eigenvalue weighted by Gasteiger charge is 2.27. The largest absolute Gasteiger partial charge is 0.497 e. The summed E-state index contributed by atoms with van der Waals surface area (Å²) < 4.78 is 11.0. The zero-order valence-corrected chi connectivity index (χ0v) is 18.7. The van der Waals surface area contributed by atoms with Crippen LogP contribution in [0.25, 0.3) is 0 Å². The van der Waals surface area contributed by atoms with E-state index >= 15 is 0 Å². The number of rotatable bonds is 9. The van der Waals surface area contributed by atoms with Crippen LogP contribution in [-0.4, -0.2) is 42.5 Å². The molecule has 1 N–H and O–H groups in total. The zero-order valence-electron chi connectivity index (χ0n) is 18.7. The maximum atomic E-state index is 13.1. The lowest BCUT2D eigenvalue weighted by Crippen LogP contribution is -2.50. The highest BCUT2D eigenvalue weighted by atomic mass is 16.5. The number of hydrogen-bond acceptors (Lipinski definition) is 4. The van der Waals surface area contributed by atoms with Crippen LogP contribution in [0.3, 0.4) is 0 Å². The summed E-state index contributed by atoms with van der Waals surface area (Å²) in [5, 5.41) is 2.88. The monoisotopic (exact) mass is 412 g/mol. The first-order chi connectivity index (χ1) is 14.2. The van der Waals surface area contributed by atoms with Gasteiger partial charge in [-0.25, -0.2) is 0 Å². The second kappa shape index (κ2) is 10.7. The van der Waals surface area contributed by atoms with Crippen LogP contribution < -0.4 is 14.8 Å². The molecular weight excluding hydrogens is 380 g/mol. The van der Waals surface area contributed by atoms with Crippen molar-refractivity contribution in [3.05, 3.63) is 59.2 Å². The number of nitrogens with zero attached hydrogens (tertiary/aromatic N) is 1. The lowest BCUT2D eigenvalue weighted by molar-refractivity contribution is -0.142. The van der Waals surface area contributed by atoms with E-state index < -0.39 is 6.04 Å². The van der Waals surface area contributed by atoms with Crippen molar-refractivity contribution in [3.8, 4) is 11.5 Å². The van der Waals surface area contributed by atoms with Gasteiger partial charge in [0.1, 0.15) is 17.5 Å². The van der Waals surface area contributed by atoms with E-state index in [-0.39, 0.29) is 31.0 Å². The Labute approximate surface area is 179 Å². The molecule has 0 fully saturated rings. The van der Waals surface area contributed by atoms with E-state index in [1.165, 1.54) is 4.90 Å². The summed E-state index contributed by atoms with van der Waals surface area (Å²) in [5.41, 5.74) is 3.00. The fraction of sp³-hybridized carbons (Fsp3) is 0.417. The Hall–Kier alpha value is -3.02. The lowest BCUT2D eigenvalue weighted by atomic mass is 10.1. The van der Waals surface area contributed by atoms with E-state index in [1.54, 1.807) is 14.0 Å². The Morgan fingerprint density at radius 2 is 1.67 bits per heavy atom. The Morgan fingerprint density at radius 3 is 2.27 bits per heavy atom. The van der Waals surface area contributed by atoms with Crippen molar-refractivity contribution in [2.24, 2.45) is 0 Å². The predicted molar refractivity (Wildman–Crippen MR) is 118 cm³/mol. The second-order valence-corrected chi connectivity index (χ2v) is 7.82. The fourth-order valence-electron chi connectivity index (χ4n) is 3.20. The van der Waals surface area contributed by atoms with Crippen LogP contribution in [-0.2, 0) is 16.1 Å². The highest BCUT2D eigenvalue weighted by Crippen LogP contribution is 2.18. The van der Waals surface area contributed by atoms with Crippen molar-refractivity contribution in [1.29, 1.82) is 0 Å². The van der Waals surface area contributed by atoms with Gasteiger partial charge in [0.2, 0.25) is 5.91 Å². The number of benzene rings is 2. The van der Waals surface area contributed by atoms with E-state index in [1.807, 2.05) is 70.2 Å². The molecule has 0 spiro atoms. The fourth-order valence-corrected chi connectivity index (χ4v) is 3.20. The number of aryl methyl sites for hydroxylation is 2. The predicted octanol–water partition coefficient (Wildman–Crippen LogP) is 3.63. The van der Waals surface area contributed by atoms with Crippen LogP contribution >= 0.6 is 0 Å². The van der Waals surface area contributed by atoms with Gasteiger partial charge in [0.05, 0.1) is 7.11 Å². The number of nitrogens with one attached hydrogen (secondary N) is 1. The standard InChI is InChI=1S/C24H32N2O4/c1-16(2)25-24(28)19(5)26(14-20-8-7-9-21(13-20)29-6)23(27)15-30-22-11-17(3)10-18(4)12-22/h7-13,16,19H,14-15H2,1-6H3,(H,25,28). The molecular formula is C24H32N2O4. The Bertz CT molecular complexity index is 859. The van der Waals surface area contributed by atoms with Gasteiger partial charge in [-0.3, -0.25) is 9.59 Å². The van der Waals surface area contributed by atoms with Crippen LogP contribution in [0, 0.1) is 13.8 Å². The normalized spacial score (nSPS) is 11.7. The molecule has 0 saturated carbocycles. The van der Waals surface area contributed by atoms with Crippen LogP contribution in [0.15, 0.2) is 42.5 Å². The van der Waals surface area contributed by atoms with Crippen molar-refractivity contribution in [2.45, 2.75) is 53.2 Å². The van der Waals surface area contributed by atoms with E-state index in [2.05, 4.69) is 5.32 Å². The van der Waals surface area contributed by atoms with Gasteiger partial charge in [0, 0.05) is 12.6 Å². The first kappa shape index (κ1) is 23.3. The van der Waals surface area contributed by atoms with Gasteiger partial charge in [-0.2, -0.15) is 0 Å². The molecule has 162 valence electrons. The third-order valence-corrected chi connectivity index (χ3v) is 4.64. The molecule has 2 rings (SSSR count). The van der Waals surface area contributed by atoms with Crippen molar-refractivity contribution in [1.82, 2.24) is 10.2 Å². The highest BCUT2D eigenvalue weighted by molar-refractivity contribution is 5.88. The molecule has 2 aromatic rings. The van der Waals surface area contributed by atoms with Gasteiger partial charge in [-0.15, -0.1) is 0 Å². The molecule has 0 radical (unpaired) electrons. The zero-order chi connectivity index (χ0) is 22.3. The number of hydrogen-bond donors (Lipinski definition) is 1. The molecule has 1 unspecified atom stereocenters. The molecule has 0 heterocycles. The Morgan fingerprint density at radius 1 is 1.00 bits per heavy atom. The quantitative estimate of drug-likeness (QED) is 0.683. The summed E-state index contributed by atoms with van der Waals surface area (Å²) in [6.45, 7) is 9.60. The second-order valence-electron chi connectivity index (χ2n) is 7.82. The molecule has 0 aromatic heterocycles. The van der Waals surface area contributed by atoms with Crippen molar-refractivity contribution in [2.75, 3.05) is 13.7 Å². The number of methoxy groups -OCH3 is 1. The maximum absolute atomic E-state index is 13.1. The lowest BCUT2D eigenvalue weighted by Gasteiger charge is -2.29. The van der Waals surface area contributed by atoms with E-state index in [9.17, 15) is 9.59 Å². The number of amides is 2. The number of ether oxygens (including phenoxy) is 2. The number of carbonyl (C=O) groups is 2. The molecule has 6 heteroatoms. The average Bonchev–Trinajstić information content (AvgIpc) is 2.68. The first-order valence-corrected chi connectivity index (χ1v) is 10.1. The van der Waals surface area contributed by atoms with Crippen LogP contribution in [0.2, 0.25) is 0 Å². The van der Waals surface area contributed by atoms with Gasteiger partial charge >= 0.3 is 0 Å². The molecule has 0 aliphatic rings. The number of carbonyl (C=O) groups excluding carboxylic acids is 2. The Balaban J connectivity index is 2.19. The van der Waals surface area contributed by atoms with Crippen molar-refractivity contribution in [3.63, 3.8) is 0 Å². The van der Waals surface area contributed by atoms with Crippen molar-refractivity contribution < 1.29 is 19.1 Å². The summed E-state index contributed by atoms with van der Waals surface area (Å²) >= 11 is 0. The third-order valence-electron chi connectivity index (χ3n) is 4.64. The maximum Gasteiger partial charge on any atom is 0.261 e. The molecule has 0 bridgehead atoms. The third kappa shape index (κ3) is 6.79. The summed E-state index contributed by atoms with van der Waals surface area (Å²) in [6, 6.07) is 12.6. The minimum atomic E-state index is -0.644. The molecule has 0 aliphatic carbocycles.